The van der Waals surface area contributed by atoms with Crippen LogP contribution in [0.3, 0.4) is 0 Å². The van der Waals surface area contributed by atoms with E-state index in [1.165, 1.54) is 22.9 Å². The molecule has 0 bridgehead atoms. The predicted octanol–water partition coefficient (Wildman–Crippen LogP) is 2.37. The molecule has 1 N–H and O–H groups in total. The van der Waals surface area contributed by atoms with Crippen LogP contribution in [0.25, 0.3) is 16.5 Å². The summed E-state index contributed by atoms with van der Waals surface area (Å²) >= 11 is 0. The molecule has 2 aromatic carbocycles. The number of hydrogen-bond acceptors (Lipinski definition) is 5. The topological polar surface area (TPSA) is 97.4 Å². The number of para-hydroxylation sites is 1. The minimum Gasteiger partial charge on any atom is -0.467 e. The van der Waals surface area contributed by atoms with Gasteiger partial charge in [0.25, 0.3) is 11.5 Å². The number of likely N-dealkylation sites (N-methyl/N-ethyl adjacent to an activating group) is 1. The zero-order chi connectivity index (χ0) is 21.8. The molecule has 0 unspecified atom stereocenters. The van der Waals surface area contributed by atoms with Crippen molar-refractivity contribution in [2.75, 3.05) is 13.6 Å². The van der Waals surface area contributed by atoms with E-state index in [4.69, 9.17) is 4.42 Å². The van der Waals surface area contributed by atoms with Crippen LogP contribution < -0.4 is 10.9 Å². The fraction of sp³-hybridized carbons (Fsp3) is 0.130. The fourth-order valence-electron chi connectivity index (χ4n) is 3.21. The Morgan fingerprint density at radius 1 is 1.00 bits per heavy atom. The molecule has 0 aliphatic carbocycles. The first-order valence-electron chi connectivity index (χ1n) is 9.66. The molecule has 8 heteroatoms. The standard InChI is InChI=1S/C23H20N4O4/c1-26(15-20(28)24-14-17-10-7-13-31-17)23(30)21-18-11-5-6-12-19(18)22(29)27(25-21)16-8-3-2-4-9-16/h2-13H,14-15H2,1H3,(H,24,28). The first kappa shape index (κ1) is 20.1. The second-order valence-corrected chi connectivity index (χ2v) is 6.96. The quantitative estimate of drug-likeness (QED) is 0.520. The van der Waals surface area contributed by atoms with Gasteiger partial charge in [0.05, 0.1) is 30.4 Å². The van der Waals surface area contributed by atoms with Crippen LogP contribution in [0.1, 0.15) is 16.2 Å². The molecular weight excluding hydrogens is 396 g/mol. The minimum atomic E-state index is -0.464. The van der Waals surface area contributed by atoms with Crippen molar-refractivity contribution >= 4 is 22.6 Å². The third-order valence-electron chi connectivity index (χ3n) is 4.78. The summed E-state index contributed by atoms with van der Waals surface area (Å²) in [5.41, 5.74) is 0.323. The van der Waals surface area contributed by atoms with Crippen molar-refractivity contribution in [2.24, 2.45) is 0 Å². The number of hydrogen-bond donors (Lipinski definition) is 1. The van der Waals surface area contributed by atoms with Crippen LogP contribution >= 0.6 is 0 Å². The lowest BCUT2D eigenvalue weighted by molar-refractivity contribution is -0.121. The Bertz CT molecular complexity index is 1280. The summed E-state index contributed by atoms with van der Waals surface area (Å²) in [6.07, 6.45) is 1.52. The van der Waals surface area contributed by atoms with Gasteiger partial charge in [-0.05, 0) is 30.3 Å². The fourth-order valence-corrected chi connectivity index (χ4v) is 3.21. The van der Waals surface area contributed by atoms with Gasteiger partial charge in [0.2, 0.25) is 5.91 Å². The third-order valence-corrected chi connectivity index (χ3v) is 4.78. The summed E-state index contributed by atoms with van der Waals surface area (Å²) in [6, 6.07) is 19.2. The second-order valence-electron chi connectivity index (χ2n) is 6.96. The van der Waals surface area contributed by atoms with Gasteiger partial charge in [0.1, 0.15) is 5.76 Å². The molecule has 2 amide bonds. The van der Waals surface area contributed by atoms with Crippen molar-refractivity contribution in [3.05, 3.63) is 94.8 Å². The van der Waals surface area contributed by atoms with Gasteiger partial charge in [-0.1, -0.05) is 36.4 Å². The zero-order valence-electron chi connectivity index (χ0n) is 16.8. The maximum atomic E-state index is 13.2. The molecule has 4 rings (SSSR count). The van der Waals surface area contributed by atoms with Crippen molar-refractivity contribution in [1.82, 2.24) is 20.0 Å². The van der Waals surface area contributed by atoms with Crippen LogP contribution in [0, 0.1) is 0 Å². The highest BCUT2D eigenvalue weighted by Gasteiger charge is 2.22. The van der Waals surface area contributed by atoms with E-state index in [2.05, 4.69) is 10.4 Å². The Kier molecular flexibility index (Phi) is 5.61. The lowest BCUT2D eigenvalue weighted by Crippen LogP contribution is -2.39. The van der Waals surface area contributed by atoms with Crippen molar-refractivity contribution in [3.8, 4) is 5.69 Å². The van der Waals surface area contributed by atoms with Crippen LogP contribution in [0.4, 0.5) is 0 Å². The monoisotopic (exact) mass is 416 g/mol. The van der Waals surface area contributed by atoms with Gasteiger partial charge in [-0.15, -0.1) is 0 Å². The lowest BCUT2D eigenvalue weighted by Gasteiger charge is -2.18. The Balaban J connectivity index is 1.63. The van der Waals surface area contributed by atoms with E-state index in [0.29, 0.717) is 22.2 Å². The maximum Gasteiger partial charge on any atom is 0.279 e. The SMILES string of the molecule is CN(CC(=O)NCc1ccco1)C(=O)c1nn(-c2ccccc2)c(=O)c2ccccc12. The van der Waals surface area contributed by atoms with E-state index in [9.17, 15) is 14.4 Å². The van der Waals surface area contributed by atoms with Crippen LogP contribution in [0.2, 0.25) is 0 Å². The molecule has 156 valence electrons. The van der Waals surface area contributed by atoms with Gasteiger partial charge in [-0.25, -0.2) is 0 Å². The summed E-state index contributed by atoms with van der Waals surface area (Å²) in [4.78, 5) is 39.7. The Hall–Kier alpha value is -4.20. The van der Waals surface area contributed by atoms with Gasteiger partial charge in [-0.2, -0.15) is 9.78 Å². The van der Waals surface area contributed by atoms with Crippen molar-refractivity contribution in [3.63, 3.8) is 0 Å². The molecule has 4 aromatic rings. The van der Waals surface area contributed by atoms with Crippen molar-refractivity contribution in [1.29, 1.82) is 0 Å². The van der Waals surface area contributed by atoms with Gasteiger partial charge in [0.15, 0.2) is 5.69 Å². The smallest absolute Gasteiger partial charge is 0.279 e. The van der Waals surface area contributed by atoms with E-state index < -0.39 is 5.91 Å². The lowest BCUT2D eigenvalue weighted by atomic mass is 10.1. The molecule has 0 saturated heterocycles. The van der Waals surface area contributed by atoms with Gasteiger partial charge < -0.3 is 14.6 Å². The Morgan fingerprint density at radius 2 is 1.71 bits per heavy atom. The number of aromatic nitrogens is 2. The summed E-state index contributed by atoms with van der Waals surface area (Å²) < 4.78 is 6.39. The molecule has 0 aliphatic heterocycles. The molecular formula is C23H20N4O4. The molecule has 0 saturated carbocycles. The average Bonchev–Trinajstić information content (AvgIpc) is 3.32. The Morgan fingerprint density at radius 3 is 2.42 bits per heavy atom. The molecule has 8 nitrogen and oxygen atoms in total. The molecule has 2 heterocycles. The highest BCUT2D eigenvalue weighted by molar-refractivity contribution is 6.05. The number of benzene rings is 2. The van der Waals surface area contributed by atoms with E-state index >= 15 is 0 Å². The van der Waals surface area contributed by atoms with Crippen LogP contribution in [0.5, 0.6) is 0 Å². The van der Waals surface area contributed by atoms with E-state index in [0.717, 1.165) is 0 Å². The third kappa shape index (κ3) is 4.23. The van der Waals surface area contributed by atoms with Crippen LogP contribution in [-0.4, -0.2) is 40.1 Å². The molecule has 0 spiro atoms. The number of fused-ring (bicyclic) bond motifs is 1. The number of amides is 2. The highest BCUT2D eigenvalue weighted by atomic mass is 16.3. The highest BCUT2D eigenvalue weighted by Crippen LogP contribution is 2.16. The number of furan rings is 1. The van der Waals surface area contributed by atoms with E-state index in [-0.39, 0.29) is 30.2 Å². The largest absolute Gasteiger partial charge is 0.467 e. The summed E-state index contributed by atoms with van der Waals surface area (Å²) in [7, 11) is 1.52. The summed E-state index contributed by atoms with van der Waals surface area (Å²) in [5, 5.41) is 7.87. The number of rotatable bonds is 6. The number of carbonyl (C=O) groups excluding carboxylic acids is 2. The summed E-state index contributed by atoms with van der Waals surface area (Å²) in [5.74, 6) is -0.188. The van der Waals surface area contributed by atoms with Crippen molar-refractivity contribution < 1.29 is 14.0 Å². The molecule has 0 radical (unpaired) electrons. The van der Waals surface area contributed by atoms with Gasteiger partial charge >= 0.3 is 0 Å². The van der Waals surface area contributed by atoms with E-state index in [1.54, 1.807) is 60.7 Å². The predicted molar refractivity (Wildman–Crippen MR) is 115 cm³/mol. The van der Waals surface area contributed by atoms with Crippen molar-refractivity contribution in [2.45, 2.75) is 6.54 Å². The van der Waals surface area contributed by atoms with E-state index in [1.807, 2.05) is 6.07 Å². The normalized spacial score (nSPS) is 10.7. The average molecular weight is 416 g/mol. The molecule has 31 heavy (non-hydrogen) atoms. The molecule has 0 fully saturated rings. The second kappa shape index (κ2) is 8.66. The minimum absolute atomic E-state index is 0.0976. The molecule has 2 aromatic heterocycles. The first-order valence-corrected chi connectivity index (χ1v) is 9.66. The number of nitrogens with one attached hydrogen (secondary N) is 1. The number of nitrogens with zero attached hydrogens (tertiary/aromatic N) is 3. The maximum absolute atomic E-state index is 13.2. The molecule has 0 atom stereocenters. The molecule has 0 aliphatic rings. The van der Waals surface area contributed by atoms with Gasteiger partial charge in [0, 0.05) is 12.4 Å². The van der Waals surface area contributed by atoms with Crippen LogP contribution in [0.15, 0.2) is 82.2 Å². The first-order chi connectivity index (χ1) is 15.0. The van der Waals surface area contributed by atoms with Crippen LogP contribution in [-0.2, 0) is 11.3 Å². The Labute approximate surface area is 177 Å². The zero-order valence-corrected chi connectivity index (χ0v) is 16.8. The number of carbonyl (C=O) groups is 2. The van der Waals surface area contributed by atoms with Gasteiger partial charge in [-0.3, -0.25) is 14.4 Å². The summed E-state index contributed by atoms with van der Waals surface area (Å²) in [6.45, 7) is 0.0634.